The lowest BCUT2D eigenvalue weighted by Crippen LogP contribution is -2.03. The van der Waals surface area contributed by atoms with Crippen LogP contribution in [0.3, 0.4) is 0 Å². The smallest absolute Gasteiger partial charge is 0.154 e. The highest BCUT2D eigenvalue weighted by molar-refractivity contribution is 5.67. The van der Waals surface area contributed by atoms with Gasteiger partial charge in [0.25, 0.3) is 0 Å². The summed E-state index contributed by atoms with van der Waals surface area (Å²) in [4.78, 5) is 0. The maximum atomic E-state index is 6.34. The molecule has 0 unspecified atom stereocenters. The number of furan rings is 1. The summed E-state index contributed by atoms with van der Waals surface area (Å²) in [7, 11) is 0. The van der Waals surface area contributed by atoms with Gasteiger partial charge in [0.15, 0.2) is 5.76 Å². The number of aromatic nitrogens is 2. The summed E-state index contributed by atoms with van der Waals surface area (Å²) in [5, 5.41) is 4.68. The van der Waals surface area contributed by atoms with Crippen LogP contribution in [0.4, 0.5) is 5.82 Å². The molecule has 1 aromatic carbocycles. The summed E-state index contributed by atoms with van der Waals surface area (Å²) in [6.07, 6.45) is 0. The molecule has 0 saturated carbocycles. The Kier molecular flexibility index (Phi) is 3.29. The number of benzene rings is 1. The van der Waals surface area contributed by atoms with E-state index in [1.807, 2.05) is 49.4 Å². The van der Waals surface area contributed by atoms with Crippen LogP contribution >= 0.6 is 0 Å². The Morgan fingerprint density at radius 2 is 1.81 bits per heavy atom. The van der Waals surface area contributed by atoms with Crippen molar-refractivity contribution in [3.8, 4) is 17.1 Å². The minimum absolute atomic E-state index is 0.267. The van der Waals surface area contributed by atoms with Crippen molar-refractivity contribution in [1.82, 2.24) is 9.78 Å². The molecular weight excluding hydrogens is 262 g/mol. The van der Waals surface area contributed by atoms with Gasteiger partial charge in [0.05, 0.1) is 5.69 Å². The maximum Gasteiger partial charge on any atom is 0.154 e. The summed E-state index contributed by atoms with van der Waals surface area (Å²) in [6.45, 7) is 6.15. The summed E-state index contributed by atoms with van der Waals surface area (Å²) in [6, 6.07) is 13.8. The van der Waals surface area contributed by atoms with Crippen molar-refractivity contribution in [2.75, 3.05) is 5.73 Å². The van der Waals surface area contributed by atoms with Crippen LogP contribution in [0, 0.1) is 6.92 Å². The largest absolute Gasteiger partial charge is 0.460 e. The molecule has 0 atom stereocenters. The van der Waals surface area contributed by atoms with Gasteiger partial charge >= 0.3 is 0 Å². The SMILES string of the molecule is Cc1ccc(-c2nn(-c3ccccc3)c(N)c2C(C)C)o1. The first-order chi connectivity index (χ1) is 10.1. The van der Waals surface area contributed by atoms with Gasteiger partial charge in [-0.3, -0.25) is 0 Å². The van der Waals surface area contributed by atoms with Crippen molar-refractivity contribution >= 4 is 5.82 Å². The molecule has 0 aliphatic heterocycles. The Morgan fingerprint density at radius 1 is 1.10 bits per heavy atom. The van der Waals surface area contributed by atoms with E-state index in [9.17, 15) is 0 Å². The summed E-state index contributed by atoms with van der Waals surface area (Å²) >= 11 is 0. The number of nitrogens with two attached hydrogens (primary N) is 1. The molecule has 0 spiro atoms. The van der Waals surface area contributed by atoms with Gasteiger partial charge in [0.1, 0.15) is 17.3 Å². The van der Waals surface area contributed by atoms with Crippen molar-refractivity contribution in [1.29, 1.82) is 0 Å². The van der Waals surface area contributed by atoms with Gasteiger partial charge in [-0.1, -0.05) is 32.0 Å². The monoisotopic (exact) mass is 281 g/mol. The Morgan fingerprint density at radius 3 is 2.38 bits per heavy atom. The summed E-state index contributed by atoms with van der Waals surface area (Å²) < 4.78 is 7.51. The Balaban J connectivity index is 2.21. The van der Waals surface area contributed by atoms with Crippen LogP contribution in [0.2, 0.25) is 0 Å². The zero-order valence-corrected chi connectivity index (χ0v) is 12.5. The summed E-state index contributed by atoms with van der Waals surface area (Å²) in [5.41, 5.74) is 9.13. The molecule has 4 nitrogen and oxygen atoms in total. The normalized spacial score (nSPS) is 11.2. The molecule has 0 bridgehead atoms. The molecule has 3 aromatic rings. The van der Waals surface area contributed by atoms with E-state index in [4.69, 9.17) is 10.2 Å². The number of rotatable bonds is 3. The number of aryl methyl sites for hydroxylation is 1. The van der Waals surface area contributed by atoms with Crippen LogP contribution in [0.1, 0.15) is 31.1 Å². The third-order valence-electron chi connectivity index (χ3n) is 3.51. The molecule has 21 heavy (non-hydrogen) atoms. The predicted octanol–water partition coefficient (Wildman–Crippen LogP) is 4.15. The van der Waals surface area contributed by atoms with Gasteiger partial charge in [-0.15, -0.1) is 0 Å². The molecule has 0 saturated heterocycles. The van der Waals surface area contributed by atoms with E-state index in [2.05, 4.69) is 18.9 Å². The molecule has 2 N–H and O–H groups in total. The van der Waals surface area contributed by atoms with Gasteiger partial charge in [-0.05, 0) is 37.1 Å². The molecule has 0 radical (unpaired) electrons. The number of nitrogens with zero attached hydrogens (tertiary/aromatic N) is 2. The number of para-hydroxylation sites is 1. The van der Waals surface area contributed by atoms with E-state index in [1.54, 1.807) is 4.68 Å². The van der Waals surface area contributed by atoms with Crippen LogP contribution < -0.4 is 5.73 Å². The average molecular weight is 281 g/mol. The van der Waals surface area contributed by atoms with E-state index in [1.165, 1.54) is 0 Å². The second kappa shape index (κ2) is 5.13. The quantitative estimate of drug-likeness (QED) is 0.784. The van der Waals surface area contributed by atoms with E-state index < -0.39 is 0 Å². The van der Waals surface area contributed by atoms with Gasteiger partial charge in [0, 0.05) is 5.56 Å². The average Bonchev–Trinajstić information content (AvgIpc) is 3.03. The topological polar surface area (TPSA) is 57.0 Å². The molecule has 0 aliphatic carbocycles. The molecule has 2 aromatic heterocycles. The zero-order valence-electron chi connectivity index (χ0n) is 12.5. The van der Waals surface area contributed by atoms with Crippen molar-refractivity contribution < 1.29 is 4.42 Å². The fraction of sp³-hybridized carbons (Fsp3) is 0.235. The Labute approximate surface area is 124 Å². The lowest BCUT2D eigenvalue weighted by atomic mass is 10.0. The lowest BCUT2D eigenvalue weighted by Gasteiger charge is -2.07. The first kappa shape index (κ1) is 13.5. The predicted molar refractivity (Wildman–Crippen MR) is 84.5 cm³/mol. The highest BCUT2D eigenvalue weighted by Crippen LogP contribution is 2.35. The van der Waals surface area contributed by atoms with E-state index in [-0.39, 0.29) is 5.92 Å². The van der Waals surface area contributed by atoms with Crippen LogP contribution in [0.5, 0.6) is 0 Å². The van der Waals surface area contributed by atoms with Gasteiger partial charge in [-0.2, -0.15) is 5.10 Å². The van der Waals surface area contributed by atoms with Gasteiger partial charge < -0.3 is 10.2 Å². The van der Waals surface area contributed by atoms with Crippen LogP contribution in [0.25, 0.3) is 17.1 Å². The molecule has 2 heterocycles. The fourth-order valence-corrected chi connectivity index (χ4v) is 2.52. The second-order valence-corrected chi connectivity index (χ2v) is 5.46. The zero-order chi connectivity index (χ0) is 15.0. The molecule has 0 aliphatic rings. The number of nitrogen functional groups attached to an aromatic ring is 1. The van der Waals surface area contributed by atoms with Gasteiger partial charge in [-0.25, -0.2) is 4.68 Å². The molecular formula is C17H19N3O. The van der Waals surface area contributed by atoms with E-state index in [0.29, 0.717) is 5.82 Å². The second-order valence-electron chi connectivity index (χ2n) is 5.46. The molecule has 0 fully saturated rings. The first-order valence-corrected chi connectivity index (χ1v) is 7.08. The number of anilines is 1. The van der Waals surface area contributed by atoms with Crippen molar-refractivity contribution in [3.05, 3.63) is 53.8 Å². The third kappa shape index (κ3) is 2.33. The van der Waals surface area contributed by atoms with Crippen molar-refractivity contribution in [3.63, 3.8) is 0 Å². The number of hydrogen-bond acceptors (Lipinski definition) is 3. The van der Waals surface area contributed by atoms with Crippen molar-refractivity contribution in [2.24, 2.45) is 0 Å². The lowest BCUT2D eigenvalue weighted by molar-refractivity contribution is 0.544. The van der Waals surface area contributed by atoms with Crippen molar-refractivity contribution in [2.45, 2.75) is 26.7 Å². The third-order valence-corrected chi connectivity index (χ3v) is 3.51. The van der Waals surface area contributed by atoms with Crippen LogP contribution in [-0.4, -0.2) is 9.78 Å². The molecule has 108 valence electrons. The minimum Gasteiger partial charge on any atom is -0.460 e. The van der Waals surface area contributed by atoms with E-state index in [0.717, 1.165) is 28.5 Å². The highest BCUT2D eigenvalue weighted by atomic mass is 16.3. The highest BCUT2D eigenvalue weighted by Gasteiger charge is 2.22. The molecule has 4 heteroatoms. The Bertz CT molecular complexity index is 754. The van der Waals surface area contributed by atoms with E-state index >= 15 is 0 Å². The standard InChI is InChI=1S/C17H19N3O/c1-11(2)15-16(14-10-9-12(3)21-14)19-20(17(15)18)13-7-5-4-6-8-13/h4-11H,18H2,1-3H3. The first-order valence-electron chi connectivity index (χ1n) is 7.08. The fourth-order valence-electron chi connectivity index (χ4n) is 2.52. The van der Waals surface area contributed by atoms with Gasteiger partial charge in [0.2, 0.25) is 0 Å². The molecule has 0 amide bonds. The maximum absolute atomic E-state index is 6.34. The Hall–Kier alpha value is -2.49. The summed E-state index contributed by atoms with van der Waals surface area (Å²) in [5.74, 6) is 2.56. The minimum atomic E-state index is 0.267. The molecule has 3 rings (SSSR count). The van der Waals surface area contributed by atoms with Crippen LogP contribution in [0.15, 0.2) is 46.9 Å². The number of hydrogen-bond donors (Lipinski definition) is 1. The van der Waals surface area contributed by atoms with Crippen LogP contribution in [-0.2, 0) is 0 Å².